The number of nitrogens with zero attached hydrogens (tertiary/aromatic N) is 1. The second-order valence-electron chi connectivity index (χ2n) is 6.61. The van der Waals surface area contributed by atoms with Crippen molar-refractivity contribution in [2.45, 2.75) is 19.3 Å². The van der Waals surface area contributed by atoms with Crippen molar-refractivity contribution in [2.24, 2.45) is 0 Å². The zero-order valence-electron chi connectivity index (χ0n) is 14.2. The van der Waals surface area contributed by atoms with Crippen LogP contribution in [0.2, 0.25) is 0 Å². The van der Waals surface area contributed by atoms with E-state index >= 15 is 0 Å². The molecule has 1 fully saturated rings. The second kappa shape index (κ2) is 6.98. The Labute approximate surface area is 148 Å². The van der Waals surface area contributed by atoms with Crippen LogP contribution in [0.1, 0.15) is 29.6 Å². The van der Waals surface area contributed by atoms with Gasteiger partial charge in [-0.2, -0.15) is 0 Å². The van der Waals surface area contributed by atoms with Crippen LogP contribution in [0.4, 0.5) is 11.4 Å². The number of amides is 1. The van der Waals surface area contributed by atoms with Crippen LogP contribution in [-0.2, 0) is 0 Å². The molecule has 4 rings (SSSR count). The number of hydrogen-bond acceptors (Lipinski definition) is 2. The van der Waals surface area contributed by atoms with Crippen molar-refractivity contribution in [1.29, 1.82) is 0 Å². The molecule has 0 saturated carbocycles. The number of fused-ring (bicyclic) bond motifs is 1. The minimum atomic E-state index is -0.0690. The van der Waals surface area contributed by atoms with E-state index in [0.717, 1.165) is 24.2 Å². The first-order valence-corrected chi connectivity index (χ1v) is 8.95. The van der Waals surface area contributed by atoms with Crippen molar-refractivity contribution in [3.05, 3.63) is 72.3 Å². The van der Waals surface area contributed by atoms with Gasteiger partial charge in [-0.25, -0.2) is 0 Å². The lowest BCUT2D eigenvalue weighted by molar-refractivity contribution is 0.102. The molecule has 1 heterocycles. The molecule has 0 radical (unpaired) electrons. The minimum absolute atomic E-state index is 0.0690. The highest BCUT2D eigenvalue weighted by atomic mass is 16.1. The summed E-state index contributed by atoms with van der Waals surface area (Å²) in [6.07, 6.45) is 3.83. The molecular weight excluding hydrogens is 308 g/mol. The van der Waals surface area contributed by atoms with Crippen molar-refractivity contribution < 1.29 is 4.79 Å². The van der Waals surface area contributed by atoms with Crippen molar-refractivity contribution >= 4 is 28.1 Å². The molecule has 1 N–H and O–H groups in total. The lowest BCUT2D eigenvalue weighted by atomic mass is 10.1. The molecule has 1 aliphatic heterocycles. The summed E-state index contributed by atoms with van der Waals surface area (Å²) in [4.78, 5) is 14.9. The maximum atomic E-state index is 12.5. The van der Waals surface area contributed by atoms with E-state index in [4.69, 9.17) is 0 Å². The summed E-state index contributed by atoms with van der Waals surface area (Å²) in [5, 5.41) is 5.30. The van der Waals surface area contributed by atoms with E-state index in [9.17, 15) is 4.79 Å². The summed E-state index contributed by atoms with van der Waals surface area (Å²) >= 11 is 0. The molecule has 3 aromatic carbocycles. The Morgan fingerprint density at radius 2 is 1.52 bits per heavy atom. The van der Waals surface area contributed by atoms with Crippen LogP contribution in [0, 0.1) is 0 Å². The average molecular weight is 330 g/mol. The molecule has 0 atom stereocenters. The third kappa shape index (κ3) is 3.50. The summed E-state index contributed by atoms with van der Waals surface area (Å²) in [5.74, 6) is -0.0690. The standard InChI is InChI=1S/C22H22N2O/c25-22(23-20-11-8-17-6-2-3-7-19(17)16-20)18-9-12-21(13-10-18)24-14-4-1-5-15-24/h2-3,6-13,16H,1,4-5,14-15H2,(H,23,25). The van der Waals surface area contributed by atoms with E-state index < -0.39 is 0 Å². The van der Waals surface area contributed by atoms with Gasteiger partial charge in [-0.1, -0.05) is 30.3 Å². The monoisotopic (exact) mass is 330 g/mol. The fourth-order valence-electron chi connectivity index (χ4n) is 3.45. The Morgan fingerprint density at radius 3 is 2.28 bits per heavy atom. The fourth-order valence-corrected chi connectivity index (χ4v) is 3.45. The molecular formula is C22H22N2O. The number of nitrogens with one attached hydrogen (secondary N) is 1. The van der Waals surface area contributed by atoms with Gasteiger partial charge in [-0.15, -0.1) is 0 Å². The number of carbonyl (C=O) groups is 1. The van der Waals surface area contributed by atoms with Crippen molar-refractivity contribution in [3.63, 3.8) is 0 Å². The predicted molar refractivity (Wildman–Crippen MR) is 104 cm³/mol. The molecule has 3 aromatic rings. The van der Waals surface area contributed by atoms with Crippen molar-refractivity contribution in [1.82, 2.24) is 0 Å². The molecule has 0 unspecified atom stereocenters. The fraction of sp³-hybridized carbons (Fsp3) is 0.227. The van der Waals surface area contributed by atoms with Crippen LogP contribution in [0.15, 0.2) is 66.7 Å². The van der Waals surface area contributed by atoms with Crippen LogP contribution in [-0.4, -0.2) is 19.0 Å². The third-order valence-electron chi connectivity index (χ3n) is 4.86. The lowest BCUT2D eigenvalue weighted by Gasteiger charge is -2.28. The van der Waals surface area contributed by atoms with Crippen molar-refractivity contribution in [3.8, 4) is 0 Å². The van der Waals surface area contributed by atoms with Crippen LogP contribution in [0.5, 0.6) is 0 Å². The number of carbonyl (C=O) groups excluding carboxylic acids is 1. The van der Waals surface area contributed by atoms with E-state index in [-0.39, 0.29) is 5.91 Å². The molecule has 1 aliphatic rings. The first-order valence-electron chi connectivity index (χ1n) is 8.95. The van der Waals surface area contributed by atoms with Crippen LogP contribution in [0.3, 0.4) is 0 Å². The highest BCUT2D eigenvalue weighted by Gasteiger charge is 2.12. The van der Waals surface area contributed by atoms with Crippen molar-refractivity contribution in [2.75, 3.05) is 23.3 Å². The Morgan fingerprint density at radius 1 is 0.800 bits per heavy atom. The van der Waals surface area contributed by atoms with E-state index in [2.05, 4.69) is 34.5 Å². The van der Waals surface area contributed by atoms with Crippen LogP contribution in [0.25, 0.3) is 10.8 Å². The molecule has 0 spiro atoms. The number of anilines is 2. The van der Waals surface area contributed by atoms with Crippen LogP contribution >= 0.6 is 0 Å². The number of benzene rings is 3. The van der Waals surface area contributed by atoms with Gasteiger partial charge in [0.1, 0.15) is 0 Å². The zero-order chi connectivity index (χ0) is 17.1. The average Bonchev–Trinajstić information content (AvgIpc) is 2.69. The van der Waals surface area contributed by atoms with Gasteiger partial charge in [-0.05, 0) is 66.4 Å². The highest BCUT2D eigenvalue weighted by Crippen LogP contribution is 2.22. The summed E-state index contributed by atoms with van der Waals surface area (Å²) in [7, 11) is 0. The van der Waals surface area contributed by atoms with Gasteiger partial charge >= 0.3 is 0 Å². The molecule has 126 valence electrons. The van der Waals surface area contributed by atoms with E-state index in [1.165, 1.54) is 30.3 Å². The van der Waals surface area contributed by atoms with E-state index in [0.29, 0.717) is 5.56 Å². The topological polar surface area (TPSA) is 32.3 Å². The summed E-state index contributed by atoms with van der Waals surface area (Å²) in [5.41, 5.74) is 2.72. The SMILES string of the molecule is O=C(Nc1ccc2ccccc2c1)c1ccc(N2CCCCC2)cc1. The molecule has 1 amide bonds. The Hall–Kier alpha value is -2.81. The molecule has 25 heavy (non-hydrogen) atoms. The molecule has 1 saturated heterocycles. The second-order valence-corrected chi connectivity index (χ2v) is 6.61. The number of hydrogen-bond donors (Lipinski definition) is 1. The van der Waals surface area contributed by atoms with Crippen LogP contribution < -0.4 is 10.2 Å². The maximum Gasteiger partial charge on any atom is 0.255 e. The molecule has 0 aromatic heterocycles. The van der Waals surface area contributed by atoms with Gasteiger partial charge in [-0.3, -0.25) is 4.79 Å². The first kappa shape index (κ1) is 15.7. The summed E-state index contributed by atoms with van der Waals surface area (Å²) in [6, 6.07) is 22.1. The largest absolute Gasteiger partial charge is 0.372 e. The number of piperidine rings is 1. The van der Waals surface area contributed by atoms with E-state index in [1.54, 1.807) is 0 Å². The third-order valence-corrected chi connectivity index (χ3v) is 4.86. The van der Waals surface area contributed by atoms with Gasteiger partial charge in [0, 0.05) is 30.0 Å². The zero-order valence-corrected chi connectivity index (χ0v) is 14.2. The van der Waals surface area contributed by atoms with E-state index in [1.807, 2.05) is 42.5 Å². The highest BCUT2D eigenvalue weighted by molar-refractivity contribution is 6.05. The minimum Gasteiger partial charge on any atom is -0.372 e. The predicted octanol–water partition coefficient (Wildman–Crippen LogP) is 5.08. The molecule has 0 bridgehead atoms. The normalized spacial score (nSPS) is 14.5. The lowest BCUT2D eigenvalue weighted by Crippen LogP contribution is -2.29. The summed E-state index contributed by atoms with van der Waals surface area (Å²) < 4.78 is 0. The van der Waals surface area contributed by atoms with Gasteiger partial charge in [0.05, 0.1) is 0 Å². The smallest absolute Gasteiger partial charge is 0.255 e. The van der Waals surface area contributed by atoms with Gasteiger partial charge in [0.2, 0.25) is 0 Å². The Bertz CT molecular complexity index is 880. The first-order chi connectivity index (χ1) is 12.3. The Kier molecular flexibility index (Phi) is 4.38. The maximum absolute atomic E-state index is 12.5. The summed E-state index contributed by atoms with van der Waals surface area (Å²) in [6.45, 7) is 2.23. The number of rotatable bonds is 3. The quantitative estimate of drug-likeness (QED) is 0.726. The molecule has 0 aliphatic carbocycles. The van der Waals surface area contributed by atoms with Gasteiger partial charge < -0.3 is 10.2 Å². The molecule has 3 nitrogen and oxygen atoms in total. The Balaban J connectivity index is 1.48. The molecule has 3 heteroatoms. The van der Waals surface area contributed by atoms with Gasteiger partial charge in [0.25, 0.3) is 5.91 Å². The van der Waals surface area contributed by atoms with Gasteiger partial charge in [0.15, 0.2) is 0 Å².